The Morgan fingerprint density at radius 2 is 0.841 bits per heavy atom. The van der Waals surface area contributed by atoms with Crippen LogP contribution in [0.1, 0.15) is 206 Å². The van der Waals surface area contributed by atoms with E-state index in [2.05, 4.69) is 123 Å². The largest absolute Gasteiger partial charge is 0.472 e. The van der Waals surface area contributed by atoms with Gasteiger partial charge >= 0.3 is 13.8 Å². The second-order valence-corrected chi connectivity index (χ2v) is 20.7. The quantitative estimate of drug-likeness (QED) is 0.0213. The fourth-order valence-corrected chi connectivity index (χ4v) is 7.83. The summed E-state index contributed by atoms with van der Waals surface area (Å²) in [6.45, 7) is 5.43. The van der Waals surface area contributed by atoms with E-state index in [-0.39, 0.29) is 25.8 Å². The van der Waals surface area contributed by atoms with E-state index in [0.29, 0.717) is 24.1 Å². The summed E-state index contributed by atoms with van der Waals surface area (Å²) >= 11 is 0. The molecule has 69 heavy (non-hydrogen) atoms. The van der Waals surface area contributed by atoms with Gasteiger partial charge < -0.3 is 18.9 Å². The predicted octanol–water partition coefficient (Wildman–Crippen LogP) is 17.5. The predicted molar refractivity (Wildman–Crippen MR) is 297 cm³/mol. The molecule has 0 aliphatic carbocycles. The van der Waals surface area contributed by atoms with Crippen molar-refractivity contribution in [3.8, 4) is 0 Å². The van der Waals surface area contributed by atoms with E-state index in [1.165, 1.54) is 89.9 Å². The average molecular weight is 983 g/mol. The monoisotopic (exact) mass is 983 g/mol. The molecule has 0 bridgehead atoms. The summed E-state index contributed by atoms with van der Waals surface area (Å²) in [5.74, 6) is -0.343. The third kappa shape index (κ3) is 56.0. The zero-order chi connectivity index (χ0) is 50.5. The molecule has 0 saturated heterocycles. The average Bonchev–Trinajstić information content (AvgIpc) is 3.31. The van der Waals surface area contributed by atoms with Crippen molar-refractivity contribution in [2.24, 2.45) is 0 Å². The van der Waals surface area contributed by atoms with Gasteiger partial charge in [0.1, 0.15) is 19.3 Å². The number of nitrogens with zero attached hydrogens (tertiary/aromatic N) is 1. The number of esters is 1. The van der Waals surface area contributed by atoms with E-state index in [0.717, 1.165) is 96.3 Å². The number of allylic oxidation sites excluding steroid dienone is 18. The van der Waals surface area contributed by atoms with Crippen LogP contribution in [0, 0.1) is 0 Å². The maximum atomic E-state index is 12.8. The van der Waals surface area contributed by atoms with Gasteiger partial charge in [0.2, 0.25) is 0 Å². The highest BCUT2D eigenvalue weighted by atomic mass is 31.2. The fraction of sp³-hybridized carbons (Fsp3) is 0.683. The Morgan fingerprint density at radius 1 is 0.464 bits per heavy atom. The van der Waals surface area contributed by atoms with E-state index in [9.17, 15) is 14.3 Å². The molecule has 2 atom stereocenters. The topological polar surface area (TPSA) is 91.3 Å². The van der Waals surface area contributed by atoms with Crippen LogP contribution in [0.5, 0.6) is 0 Å². The highest BCUT2D eigenvalue weighted by molar-refractivity contribution is 7.47. The van der Waals surface area contributed by atoms with Crippen LogP contribution in [-0.4, -0.2) is 75.6 Å². The second-order valence-electron chi connectivity index (χ2n) is 19.2. The van der Waals surface area contributed by atoms with E-state index in [4.69, 9.17) is 18.5 Å². The third-order valence-electron chi connectivity index (χ3n) is 11.3. The number of carbonyl (C=O) groups excluding carboxylic acids is 1. The second kappa shape index (κ2) is 51.5. The zero-order valence-electron chi connectivity index (χ0n) is 45.0. The first-order valence-corrected chi connectivity index (χ1v) is 29.1. The van der Waals surface area contributed by atoms with Crippen molar-refractivity contribution in [2.45, 2.75) is 213 Å². The van der Waals surface area contributed by atoms with Crippen LogP contribution in [-0.2, 0) is 27.9 Å². The number of phosphoric ester groups is 1. The first-order valence-electron chi connectivity index (χ1n) is 27.6. The van der Waals surface area contributed by atoms with Crippen LogP contribution >= 0.6 is 7.82 Å². The van der Waals surface area contributed by atoms with Gasteiger partial charge in [0.25, 0.3) is 0 Å². The summed E-state index contributed by atoms with van der Waals surface area (Å²) in [5, 5.41) is 0. The number of hydrogen-bond donors (Lipinski definition) is 1. The molecule has 1 N–H and O–H groups in total. The van der Waals surface area contributed by atoms with Crippen molar-refractivity contribution >= 4 is 13.8 Å². The number of unbranched alkanes of at least 4 members (excludes halogenated alkanes) is 18. The fourth-order valence-electron chi connectivity index (χ4n) is 7.09. The van der Waals surface area contributed by atoms with Crippen LogP contribution in [0.2, 0.25) is 0 Å². The van der Waals surface area contributed by atoms with Crippen molar-refractivity contribution in [1.82, 2.24) is 0 Å². The maximum Gasteiger partial charge on any atom is 0.472 e. The molecule has 0 fully saturated rings. The molecule has 8 nitrogen and oxygen atoms in total. The Kier molecular flexibility index (Phi) is 49.4. The maximum absolute atomic E-state index is 12.8. The molecule has 0 radical (unpaired) electrons. The Balaban J connectivity index is 4.21. The molecule has 0 amide bonds. The molecule has 2 unspecified atom stereocenters. The summed E-state index contributed by atoms with van der Waals surface area (Å²) in [6, 6.07) is 0. The lowest BCUT2D eigenvalue weighted by Gasteiger charge is -2.24. The summed E-state index contributed by atoms with van der Waals surface area (Å²) in [5.41, 5.74) is 0. The summed E-state index contributed by atoms with van der Waals surface area (Å²) in [4.78, 5) is 23.1. The van der Waals surface area contributed by atoms with Crippen LogP contribution < -0.4 is 0 Å². The number of phosphoric acid groups is 1. The van der Waals surface area contributed by atoms with Crippen LogP contribution in [0.3, 0.4) is 0 Å². The van der Waals surface area contributed by atoms with Crippen molar-refractivity contribution in [3.63, 3.8) is 0 Å². The molecule has 0 heterocycles. The smallest absolute Gasteiger partial charge is 0.457 e. The van der Waals surface area contributed by atoms with Crippen LogP contribution in [0.25, 0.3) is 0 Å². The van der Waals surface area contributed by atoms with Gasteiger partial charge in [-0.2, -0.15) is 0 Å². The first kappa shape index (κ1) is 66.2. The van der Waals surface area contributed by atoms with Crippen molar-refractivity contribution in [2.75, 3.05) is 54.1 Å². The standard InChI is InChI=1S/C60H104NO7P/c1-6-8-10-12-14-16-18-20-22-24-26-28-30-32-34-36-38-40-42-44-46-48-50-52-55-65-57-59(58-67-69(63,64)66-56-54-61(3,4)5)68-60(62)53-51-49-47-45-43-41-39-37-35-33-31-29-27-25-23-21-19-17-15-13-11-9-7-2/h9,11,15,17-18,20-21,23-24,26-27,29-30,32-33,35,39,41,59H,6-8,10,12-14,16,19,22,25,28,31,34,36-38,40,42-58H2,1-5H3/p+1/b11-9-,17-15-,20-18-,23-21-,26-24-,29-27-,32-30-,35-33-,41-39-. The molecular formula is C60H105NO7P+. The van der Waals surface area contributed by atoms with Gasteiger partial charge in [0.05, 0.1) is 34.4 Å². The minimum absolute atomic E-state index is 0.0756. The molecule has 0 spiro atoms. The van der Waals surface area contributed by atoms with Gasteiger partial charge in [-0.05, 0) is 103 Å². The highest BCUT2D eigenvalue weighted by Crippen LogP contribution is 2.43. The molecule has 0 aliphatic heterocycles. The van der Waals surface area contributed by atoms with Gasteiger partial charge in [0.15, 0.2) is 0 Å². The van der Waals surface area contributed by atoms with E-state index in [1.807, 2.05) is 21.1 Å². The van der Waals surface area contributed by atoms with Crippen molar-refractivity contribution in [3.05, 3.63) is 109 Å². The number of likely N-dealkylation sites (N-methyl/N-ethyl adjacent to an activating group) is 1. The van der Waals surface area contributed by atoms with Gasteiger partial charge in [-0.3, -0.25) is 13.8 Å². The van der Waals surface area contributed by atoms with Crippen molar-refractivity contribution < 1.29 is 37.3 Å². The zero-order valence-corrected chi connectivity index (χ0v) is 45.9. The molecule has 396 valence electrons. The van der Waals surface area contributed by atoms with Crippen LogP contribution in [0.4, 0.5) is 0 Å². The number of ether oxygens (including phenoxy) is 2. The Bertz CT molecular complexity index is 1470. The Morgan fingerprint density at radius 3 is 1.26 bits per heavy atom. The third-order valence-corrected chi connectivity index (χ3v) is 12.3. The SMILES string of the molecule is CC/C=C\C/C=C\C/C=C\C/C=C\C/C=C\C/C=C\CCCCCCC(=O)OC(COCCCCCCCCCCC/C=C\C/C=C\C/C=C\CCCCCCC)COP(=O)(O)OCC[N+](C)(C)C. The van der Waals surface area contributed by atoms with Gasteiger partial charge in [-0.1, -0.05) is 207 Å². The van der Waals surface area contributed by atoms with Crippen LogP contribution in [0.15, 0.2) is 109 Å². The van der Waals surface area contributed by atoms with Gasteiger partial charge in [-0.15, -0.1) is 0 Å². The van der Waals surface area contributed by atoms with Gasteiger partial charge in [0, 0.05) is 13.0 Å². The van der Waals surface area contributed by atoms with E-state index in [1.54, 1.807) is 0 Å². The van der Waals surface area contributed by atoms with Crippen molar-refractivity contribution in [1.29, 1.82) is 0 Å². The lowest BCUT2D eigenvalue weighted by atomic mass is 10.1. The molecule has 0 aliphatic rings. The van der Waals surface area contributed by atoms with Gasteiger partial charge in [-0.25, -0.2) is 4.57 Å². The lowest BCUT2D eigenvalue weighted by Crippen LogP contribution is -2.37. The summed E-state index contributed by atoms with van der Waals surface area (Å²) in [6.07, 6.45) is 72.8. The minimum Gasteiger partial charge on any atom is -0.457 e. The number of hydrogen-bond acceptors (Lipinski definition) is 6. The normalized spacial score (nSPS) is 14.3. The van der Waals surface area contributed by atoms with E-state index < -0.39 is 13.9 Å². The molecule has 0 aromatic carbocycles. The summed E-state index contributed by atoms with van der Waals surface area (Å²) < 4.78 is 35.2. The molecular weight excluding hydrogens is 878 g/mol. The minimum atomic E-state index is -4.30. The Hall–Kier alpha value is -2.84. The molecule has 0 aromatic heterocycles. The highest BCUT2D eigenvalue weighted by Gasteiger charge is 2.26. The molecule has 0 aromatic rings. The number of carbonyl (C=O) groups is 1. The summed E-state index contributed by atoms with van der Waals surface area (Å²) in [7, 11) is 1.63. The number of quaternary nitrogens is 1. The lowest BCUT2D eigenvalue weighted by molar-refractivity contribution is -0.870. The number of rotatable bonds is 50. The molecule has 0 saturated carbocycles. The molecule has 0 rings (SSSR count). The molecule has 9 heteroatoms. The Labute approximate surface area is 425 Å². The first-order chi connectivity index (χ1) is 33.6. The van der Waals surface area contributed by atoms with E-state index >= 15 is 0 Å².